The zero-order valence-corrected chi connectivity index (χ0v) is 14.2. The lowest BCUT2D eigenvalue weighted by atomic mass is 10.1. The Morgan fingerprint density at radius 1 is 1.08 bits per heavy atom. The highest BCUT2D eigenvalue weighted by Gasteiger charge is 2.17. The highest BCUT2D eigenvalue weighted by Crippen LogP contribution is 2.20. The Hall–Kier alpha value is -2.04. The van der Waals surface area contributed by atoms with Gasteiger partial charge in [0.2, 0.25) is 0 Å². The molecule has 2 N–H and O–H groups in total. The van der Waals surface area contributed by atoms with Crippen LogP contribution in [0.15, 0.2) is 48.5 Å². The Morgan fingerprint density at radius 2 is 1.71 bits per heavy atom. The molecule has 0 saturated carbocycles. The summed E-state index contributed by atoms with van der Waals surface area (Å²) in [6, 6.07) is 15.0. The molecule has 1 aliphatic rings. The van der Waals surface area contributed by atoms with Crippen molar-refractivity contribution >= 4 is 23.2 Å². The normalized spacial score (nSPS) is 15.3. The van der Waals surface area contributed by atoms with Crippen molar-refractivity contribution in [3.63, 3.8) is 0 Å². The molecule has 1 heterocycles. The molecular weight excluding hydrogens is 324 g/mol. The molecule has 1 fully saturated rings. The van der Waals surface area contributed by atoms with Crippen LogP contribution in [-0.4, -0.2) is 30.2 Å². The van der Waals surface area contributed by atoms with Gasteiger partial charge in [0, 0.05) is 35.9 Å². The number of halogens is 1. The van der Waals surface area contributed by atoms with Crippen LogP contribution in [0.5, 0.6) is 0 Å². The number of benzene rings is 2. The predicted octanol–water partition coefficient (Wildman–Crippen LogP) is 3.23. The van der Waals surface area contributed by atoms with Crippen molar-refractivity contribution in [2.75, 3.05) is 18.0 Å². The molecule has 4 nitrogen and oxygen atoms in total. The average molecular weight is 345 g/mol. The second-order valence-electron chi connectivity index (χ2n) is 6.07. The van der Waals surface area contributed by atoms with Crippen molar-refractivity contribution in [1.82, 2.24) is 5.32 Å². The second-order valence-corrected chi connectivity index (χ2v) is 6.51. The van der Waals surface area contributed by atoms with Gasteiger partial charge in [-0.3, -0.25) is 4.79 Å². The number of hydrogen-bond acceptors (Lipinski definition) is 3. The number of hydrogen-bond donors (Lipinski definition) is 2. The van der Waals surface area contributed by atoms with Crippen LogP contribution >= 0.6 is 11.6 Å². The molecule has 0 bridgehead atoms. The Bertz CT molecular complexity index is 678. The zero-order chi connectivity index (χ0) is 16.9. The van der Waals surface area contributed by atoms with Gasteiger partial charge in [-0.1, -0.05) is 23.7 Å². The fraction of sp³-hybridized carbons (Fsp3) is 0.316. The van der Waals surface area contributed by atoms with Crippen LogP contribution in [-0.2, 0) is 6.54 Å². The summed E-state index contributed by atoms with van der Waals surface area (Å²) < 4.78 is 0. The van der Waals surface area contributed by atoms with Gasteiger partial charge in [0.15, 0.2) is 0 Å². The minimum atomic E-state index is -0.181. The van der Waals surface area contributed by atoms with Crippen LogP contribution in [0.2, 0.25) is 5.02 Å². The largest absolute Gasteiger partial charge is 0.393 e. The average Bonchev–Trinajstić information content (AvgIpc) is 2.62. The molecule has 0 atom stereocenters. The van der Waals surface area contributed by atoms with Gasteiger partial charge < -0.3 is 15.3 Å². The number of carbonyl (C=O) groups excluding carboxylic acids is 1. The van der Waals surface area contributed by atoms with Crippen molar-refractivity contribution in [3.8, 4) is 0 Å². The molecule has 5 heteroatoms. The molecule has 0 spiro atoms. The van der Waals surface area contributed by atoms with Crippen LogP contribution in [0, 0.1) is 0 Å². The van der Waals surface area contributed by atoms with E-state index in [1.807, 2.05) is 48.5 Å². The van der Waals surface area contributed by atoms with Gasteiger partial charge in [0.25, 0.3) is 5.91 Å². The number of rotatable bonds is 4. The van der Waals surface area contributed by atoms with E-state index < -0.39 is 0 Å². The van der Waals surface area contributed by atoms with Crippen LogP contribution in [0.1, 0.15) is 28.8 Å². The van der Waals surface area contributed by atoms with E-state index in [4.69, 9.17) is 11.6 Å². The SMILES string of the molecule is O=C(NCc1ccc(Cl)cc1)c1ccc(N2CCC(O)CC2)cc1. The molecule has 3 rings (SSSR count). The van der Waals surface area contributed by atoms with Crippen LogP contribution in [0.25, 0.3) is 0 Å². The second kappa shape index (κ2) is 7.69. The quantitative estimate of drug-likeness (QED) is 0.895. The first-order valence-electron chi connectivity index (χ1n) is 8.17. The number of piperidine rings is 1. The summed E-state index contributed by atoms with van der Waals surface area (Å²) >= 11 is 5.85. The topological polar surface area (TPSA) is 52.6 Å². The minimum Gasteiger partial charge on any atom is -0.393 e. The Balaban J connectivity index is 1.56. The number of nitrogens with zero attached hydrogens (tertiary/aromatic N) is 1. The van der Waals surface area contributed by atoms with Crippen molar-refractivity contribution < 1.29 is 9.90 Å². The molecule has 2 aromatic carbocycles. The van der Waals surface area contributed by atoms with E-state index in [0.717, 1.165) is 37.2 Å². The molecule has 0 unspecified atom stereocenters. The third kappa shape index (κ3) is 4.28. The van der Waals surface area contributed by atoms with Gasteiger partial charge in [0.05, 0.1) is 6.10 Å². The van der Waals surface area contributed by atoms with Crippen molar-refractivity contribution in [3.05, 3.63) is 64.7 Å². The number of nitrogens with one attached hydrogen (secondary N) is 1. The molecule has 126 valence electrons. The Kier molecular flexibility index (Phi) is 5.38. The molecule has 1 aliphatic heterocycles. The molecule has 0 aliphatic carbocycles. The van der Waals surface area contributed by atoms with E-state index in [-0.39, 0.29) is 12.0 Å². The fourth-order valence-corrected chi connectivity index (χ4v) is 2.96. The molecule has 2 aromatic rings. The number of aliphatic hydroxyl groups excluding tert-OH is 1. The molecule has 24 heavy (non-hydrogen) atoms. The summed E-state index contributed by atoms with van der Waals surface area (Å²) in [5.74, 6) is -0.0921. The molecular formula is C19H21ClN2O2. The van der Waals surface area contributed by atoms with Crippen molar-refractivity contribution in [2.24, 2.45) is 0 Å². The van der Waals surface area contributed by atoms with E-state index in [1.54, 1.807) is 0 Å². The first-order valence-corrected chi connectivity index (χ1v) is 8.55. The third-order valence-corrected chi connectivity index (χ3v) is 4.58. The highest BCUT2D eigenvalue weighted by atomic mass is 35.5. The fourth-order valence-electron chi connectivity index (χ4n) is 2.83. The van der Waals surface area contributed by atoms with Crippen molar-refractivity contribution in [2.45, 2.75) is 25.5 Å². The third-order valence-electron chi connectivity index (χ3n) is 4.33. The number of anilines is 1. The standard InChI is InChI=1S/C19H21ClN2O2/c20-16-5-1-14(2-6-16)13-21-19(24)15-3-7-17(8-4-15)22-11-9-18(23)10-12-22/h1-8,18,23H,9-13H2,(H,21,24). The Morgan fingerprint density at radius 3 is 2.33 bits per heavy atom. The van der Waals surface area contributed by atoms with E-state index >= 15 is 0 Å². The van der Waals surface area contributed by atoms with Gasteiger partial charge in [-0.05, 0) is 54.8 Å². The van der Waals surface area contributed by atoms with E-state index in [9.17, 15) is 9.90 Å². The van der Waals surface area contributed by atoms with E-state index in [1.165, 1.54) is 0 Å². The first-order chi connectivity index (χ1) is 11.6. The molecule has 0 radical (unpaired) electrons. The number of amides is 1. The van der Waals surface area contributed by atoms with Crippen molar-refractivity contribution in [1.29, 1.82) is 0 Å². The predicted molar refractivity (Wildman–Crippen MR) is 96.5 cm³/mol. The monoisotopic (exact) mass is 344 g/mol. The van der Waals surface area contributed by atoms with Gasteiger partial charge >= 0.3 is 0 Å². The summed E-state index contributed by atoms with van der Waals surface area (Å²) in [5.41, 5.74) is 2.75. The van der Waals surface area contributed by atoms with Gasteiger partial charge in [-0.2, -0.15) is 0 Å². The number of aliphatic hydroxyl groups is 1. The smallest absolute Gasteiger partial charge is 0.251 e. The lowest BCUT2D eigenvalue weighted by Gasteiger charge is -2.31. The Labute approximate surface area is 147 Å². The van der Waals surface area contributed by atoms with Gasteiger partial charge in [-0.25, -0.2) is 0 Å². The van der Waals surface area contributed by atoms with E-state index in [2.05, 4.69) is 10.2 Å². The lowest BCUT2D eigenvalue weighted by molar-refractivity contribution is 0.0951. The molecule has 0 aromatic heterocycles. The maximum Gasteiger partial charge on any atom is 0.251 e. The first kappa shape index (κ1) is 16.8. The van der Waals surface area contributed by atoms with Crippen LogP contribution < -0.4 is 10.2 Å². The summed E-state index contributed by atoms with van der Waals surface area (Å²) in [6.45, 7) is 2.17. The van der Waals surface area contributed by atoms with Gasteiger partial charge in [0.1, 0.15) is 0 Å². The van der Waals surface area contributed by atoms with E-state index in [0.29, 0.717) is 17.1 Å². The lowest BCUT2D eigenvalue weighted by Crippen LogP contribution is -2.35. The summed E-state index contributed by atoms with van der Waals surface area (Å²) in [7, 11) is 0. The highest BCUT2D eigenvalue weighted by molar-refractivity contribution is 6.30. The summed E-state index contributed by atoms with van der Waals surface area (Å²) in [5, 5.41) is 13.2. The van der Waals surface area contributed by atoms with Crippen LogP contribution in [0.3, 0.4) is 0 Å². The molecule has 1 saturated heterocycles. The minimum absolute atomic E-state index is 0.0921. The van der Waals surface area contributed by atoms with Crippen LogP contribution in [0.4, 0.5) is 5.69 Å². The maximum absolute atomic E-state index is 12.2. The number of carbonyl (C=O) groups is 1. The van der Waals surface area contributed by atoms with Gasteiger partial charge in [-0.15, -0.1) is 0 Å². The zero-order valence-electron chi connectivity index (χ0n) is 13.4. The summed E-state index contributed by atoms with van der Waals surface area (Å²) in [4.78, 5) is 14.5. The maximum atomic E-state index is 12.2. The summed E-state index contributed by atoms with van der Waals surface area (Å²) in [6.07, 6.45) is 1.41. The molecule has 1 amide bonds.